The zero-order valence-electron chi connectivity index (χ0n) is 13.1. The number of hydrogen-bond donors (Lipinski definition) is 2. The van der Waals surface area contributed by atoms with Gasteiger partial charge in [0.1, 0.15) is 0 Å². The van der Waals surface area contributed by atoms with Crippen LogP contribution in [0.1, 0.15) is 57.4 Å². The molecule has 1 aliphatic rings. The second-order valence-corrected chi connectivity index (χ2v) is 6.32. The first kappa shape index (κ1) is 15.9. The number of anilines is 1. The third-order valence-electron chi connectivity index (χ3n) is 4.63. The van der Waals surface area contributed by atoms with Crippen molar-refractivity contribution in [1.29, 1.82) is 0 Å². The van der Waals surface area contributed by atoms with Gasteiger partial charge in [0, 0.05) is 18.2 Å². The van der Waals surface area contributed by atoms with Gasteiger partial charge in [-0.25, -0.2) is 0 Å². The molecule has 21 heavy (non-hydrogen) atoms. The van der Waals surface area contributed by atoms with Crippen LogP contribution in [-0.4, -0.2) is 5.91 Å². The van der Waals surface area contributed by atoms with Gasteiger partial charge in [-0.05, 0) is 49.3 Å². The van der Waals surface area contributed by atoms with Crippen molar-refractivity contribution in [3.8, 4) is 0 Å². The van der Waals surface area contributed by atoms with Crippen LogP contribution in [0.4, 0.5) is 5.69 Å². The number of carbonyl (C=O) groups is 1. The van der Waals surface area contributed by atoms with Crippen molar-refractivity contribution in [3.05, 3.63) is 29.8 Å². The smallest absolute Gasteiger partial charge is 0.223 e. The van der Waals surface area contributed by atoms with Gasteiger partial charge < -0.3 is 11.1 Å². The summed E-state index contributed by atoms with van der Waals surface area (Å²) in [5.74, 6) is 1.29. The zero-order valence-corrected chi connectivity index (χ0v) is 13.1. The maximum atomic E-state index is 12.2. The molecule has 0 aromatic heterocycles. The summed E-state index contributed by atoms with van der Waals surface area (Å²) in [4.78, 5) is 12.2. The molecule has 0 heterocycles. The van der Waals surface area contributed by atoms with Crippen LogP contribution < -0.4 is 11.1 Å². The molecule has 0 saturated heterocycles. The predicted molar refractivity (Wildman–Crippen MR) is 87.7 cm³/mol. The first-order chi connectivity index (χ1) is 10.2. The van der Waals surface area contributed by atoms with Gasteiger partial charge >= 0.3 is 0 Å². The number of nitrogens with two attached hydrogens (primary N) is 1. The molecule has 0 aliphatic heterocycles. The molecule has 0 bridgehead atoms. The zero-order chi connectivity index (χ0) is 15.1. The third kappa shape index (κ3) is 5.07. The fourth-order valence-corrected chi connectivity index (χ4v) is 3.18. The number of nitrogens with one attached hydrogen (secondary N) is 1. The second-order valence-electron chi connectivity index (χ2n) is 6.32. The van der Waals surface area contributed by atoms with E-state index >= 15 is 0 Å². The van der Waals surface area contributed by atoms with Gasteiger partial charge in [0.2, 0.25) is 5.91 Å². The first-order valence-corrected chi connectivity index (χ1v) is 8.31. The van der Waals surface area contributed by atoms with Crippen molar-refractivity contribution in [1.82, 2.24) is 5.32 Å². The topological polar surface area (TPSA) is 55.1 Å². The van der Waals surface area contributed by atoms with E-state index in [9.17, 15) is 4.79 Å². The van der Waals surface area contributed by atoms with E-state index in [2.05, 4.69) is 12.2 Å². The molecular weight excluding hydrogens is 260 g/mol. The molecule has 3 heteroatoms. The van der Waals surface area contributed by atoms with Gasteiger partial charge in [-0.15, -0.1) is 0 Å². The van der Waals surface area contributed by atoms with Crippen LogP contribution in [0.5, 0.6) is 0 Å². The molecule has 0 spiro atoms. The molecule has 1 fully saturated rings. The largest absolute Gasteiger partial charge is 0.399 e. The van der Waals surface area contributed by atoms with Crippen molar-refractivity contribution in [2.24, 2.45) is 11.8 Å². The number of unbranched alkanes of at least 4 members (excludes halogenated alkanes) is 1. The maximum absolute atomic E-state index is 12.2. The molecular formula is C18H28N2O. The molecule has 0 atom stereocenters. The molecule has 1 aromatic carbocycles. The van der Waals surface area contributed by atoms with Crippen LogP contribution in [0.3, 0.4) is 0 Å². The molecule has 1 aromatic rings. The molecule has 1 saturated carbocycles. The summed E-state index contributed by atoms with van der Waals surface area (Å²) < 4.78 is 0. The Morgan fingerprint density at radius 1 is 1.19 bits per heavy atom. The highest BCUT2D eigenvalue weighted by Crippen LogP contribution is 2.31. The van der Waals surface area contributed by atoms with Gasteiger partial charge in [-0.2, -0.15) is 0 Å². The van der Waals surface area contributed by atoms with Crippen molar-refractivity contribution in [2.45, 2.75) is 58.4 Å². The lowest BCUT2D eigenvalue weighted by molar-refractivity contribution is -0.126. The standard InChI is InChI=1S/C18H28N2O/c1-2-3-4-14-5-9-16(10-6-14)18(21)20-13-15-7-11-17(19)12-8-15/h7-8,11-12,14,16H,2-6,9-10,13,19H2,1H3,(H,20,21). The summed E-state index contributed by atoms with van der Waals surface area (Å²) in [6.45, 7) is 2.85. The number of rotatable bonds is 6. The monoisotopic (exact) mass is 288 g/mol. The number of nitrogen functional groups attached to an aromatic ring is 1. The minimum absolute atomic E-state index is 0.219. The number of hydrogen-bond acceptors (Lipinski definition) is 2. The minimum atomic E-state index is 0.219. The predicted octanol–water partition coefficient (Wildman–Crippen LogP) is 3.88. The van der Waals surface area contributed by atoms with Crippen LogP contribution in [0.2, 0.25) is 0 Å². The minimum Gasteiger partial charge on any atom is -0.399 e. The SMILES string of the molecule is CCCCC1CCC(C(=O)NCc2ccc(N)cc2)CC1. The van der Waals surface area contributed by atoms with Crippen molar-refractivity contribution in [2.75, 3.05) is 5.73 Å². The van der Waals surface area contributed by atoms with E-state index in [4.69, 9.17) is 5.73 Å². The molecule has 0 radical (unpaired) electrons. The number of benzene rings is 1. The van der Waals surface area contributed by atoms with Gasteiger partial charge in [-0.3, -0.25) is 4.79 Å². The fraction of sp³-hybridized carbons (Fsp3) is 0.611. The lowest BCUT2D eigenvalue weighted by atomic mass is 9.79. The van der Waals surface area contributed by atoms with Crippen molar-refractivity contribution < 1.29 is 4.79 Å². The molecule has 116 valence electrons. The molecule has 1 amide bonds. The van der Waals surface area contributed by atoms with E-state index in [1.54, 1.807) is 0 Å². The highest BCUT2D eigenvalue weighted by Gasteiger charge is 2.25. The van der Waals surface area contributed by atoms with E-state index in [1.165, 1.54) is 32.1 Å². The van der Waals surface area contributed by atoms with E-state index in [-0.39, 0.29) is 11.8 Å². The normalized spacial score (nSPS) is 22.0. The lowest BCUT2D eigenvalue weighted by Crippen LogP contribution is -2.32. The van der Waals surface area contributed by atoms with Crippen molar-refractivity contribution in [3.63, 3.8) is 0 Å². The third-order valence-corrected chi connectivity index (χ3v) is 4.63. The van der Waals surface area contributed by atoms with E-state index in [1.807, 2.05) is 24.3 Å². The summed E-state index contributed by atoms with van der Waals surface area (Å²) in [7, 11) is 0. The van der Waals surface area contributed by atoms with Crippen molar-refractivity contribution >= 4 is 11.6 Å². The Morgan fingerprint density at radius 2 is 1.86 bits per heavy atom. The Labute approximate surface area is 128 Å². The van der Waals surface area contributed by atoms with Crippen LogP contribution in [0, 0.1) is 11.8 Å². The summed E-state index contributed by atoms with van der Waals surface area (Å²) in [5, 5.41) is 3.07. The lowest BCUT2D eigenvalue weighted by Gasteiger charge is -2.27. The highest BCUT2D eigenvalue weighted by atomic mass is 16.1. The number of amides is 1. The Bertz CT molecular complexity index is 433. The van der Waals surface area contributed by atoms with Crippen LogP contribution in [0.15, 0.2) is 24.3 Å². The Morgan fingerprint density at radius 3 is 2.48 bits per heavy atom. The summed E-state index contributed by atoms with van der Waals surface area (Å²) >= 11 is 0. The van der Waals surface area contributed by atoms with Gasteiger partial charge in [0.05, 0.1) is 0 Å². The van der Waals surface area contributed by atoms with E-state index in [0.717, 1.165) is 30.0 Å². The van der Waals surface area contributed by atoms with E-state index < -0.39 is 0 Å². The first-order valence-electron chi connectivity index (χ1n) is 8.31. The molecule has 0 unspecified atom stereocenters. The maximum Gasteiger partial charge on any atom is 0.223 e. The Kier molecular flexibility index (Phi) is 6.09. The van der Waals surface area contributed by atoms with Gasteiger partial charge in [-0.1, -0.05) is 38.3 Å². The average Bonchev–Trinajstić information content (AvgIpc) is 2.52. The summed E-state index contributed by atoms with van der Waals surface area (Å²) in [6, 6.07) is 7.69. The summed E-state index contributed by atoms with van der Waals surface area (Å²) in [5.41, 5.74) is 7.53. The molecule has 1 aliphatic carbocycles. The summed E-state index contributed by atoms with van der Waals surface area (Å²) in [6.07, 6.45) is 8.51. The van der Waals surface area contributed by atoms with Crippen LogP contribution in [0.25, 0.3) is 0 Å². The molecule has 3 N–H and O–H groups in total. The Hall–Kier alpha value is -1.51. The quantitative estimate of drug-likeness (QED) is 0.780. The average molecular weight is 288 g/mol. The van der Waals surface area contributed by atoms with Crippen LogP contribution >= 0.6 is 0 Å². The van der Waals surface area contributed by atoms with Gasteiger partial charge in [0.25, 0.3) is 0 Å². The van der Waals surface area contributed by atoms with Crippen LogP contribution in [-0.2, 0) is 11.3 Å². The van der Waals surface area contributed by atoms with Gasteiger partial charge in [0.15, 0.2) is 0 Å². The fourth-order valence-electron chi connectivity index (χ4n) is 3.18. The highest BCUT2D eigenvalue weighted by molar-refractivity contribution is 5.78. The number of carbonyl (C=O) groups excluding carboxylic acids is 1. The Balaban J connectivity index is 1.71. The second kappa shape index (κ2) is 8.06. The van der Waals surface area contributed by atoms with E-state index in [0.29, 0.717) is 6.54 Å². The molecule has 3 nitrogen and oxygen atoms in total. The molecule has 2 rings (SSSR count).